The third-order valence-electron chi connectivity index (χ3n) is 3.06. The minimum absolute atomic E-state index is 0.299. The van der Waals surface area contributed by atoms with Crippen LogP contribution in [0.1, 0.15) is 29.3 Å². The molecule has 112 valence electrons. The minimum atomic E-state index is -0.484. The van der Waals surface area contributed by atoms with E-state index in [1.807, 2.05) is 13.1 Å². The van der Waals surface area contributed by atoms with E-state index in [9.17, 15) is 4.79 Å². The molecule has 1 aromatic carbocycles. The van der Waals surface area contributed by atoms with Gasteiger partial charge < -0.3 is 15.2 Å². The van der Waals surface area contributed by atoms with E-state index in [1.165, 1.54) is 7.11 Å². The van der Waals surface area contributed by atoms with Crippen molar-refractivity contribution in [1.29, 1.82) is 0 Å². The fraction of sp³-hybridized carbons (Fsp3) is 0.333. The lowest BCUT2D eigenvalue weighted by Crippen LogP contribution is -2.07. The largest absolute Gasteiger partial charge is 0.465 e. The number of aryl methyl sites for hydroxylation is 2. The maximum atomic E-state index is 11.7. The van der Waals surface area contributed by atoms with Gasteiger partial charge in [0.05, 0.1) is 25.1 Å². The van der Waals surface area contributed by atoms with Gasteiger partial charge in [0.1, 0.15) is 5.75 Å². The molecule has 0 atom stereocenters. The second kappa shape index (κ2) is 6.30. The van der Waals surface area contributed by atoms with Gasteiger partial charge in [0, 0.05) is 12.2 Å². The number of nitrogens with two attached hydrogens (primary N) is 1. The van der Waals surface area contributed by atoms with Crippen LogP contribution in [0.4, 0.5) is 5.69 Å². The first-order valence-corrected chi connectivity index (χ1v) is 6.74. The lowest BCUT2D eigenvalue weighted by atomic mass is 10.1. The summed E-state index contributed by atoms with van der Waals surface area (Å²) in [5, 5.41) is 4.19. The Balaban J connectivity index is 2.27. The monoisotopic (exact) mass is 289 g/mol. The van der Waals surface area contributed by atoms with Gasteiger partial charge in [0.2, 0.25) is 0 Å². The molecular weight excluding hydrogens is 270 g/mol. The number of carbonyl (C=O) groups excluding carboxylic acids is 1. The van der Waals surface area contributed by atoms with Crippen molar-refractivity contribution >= 4 is 11.7 Å². The Hall–Kier alpha value is -2.50. The van der Waals surface area contributed by atoms with E-state index < -0.39 is 5.97 Å². The van der Waals surface area contributed by atoms with Crippen LogP contribution >= 0.6 is 0 Å². The summed E-state index contributed by atoms with van der Waals surface area (Å²) in [6.45, 7) is 4.72. The molecule has 0 fully saturated rings. The first-order valence-electron chi connectivity index (χ1n) is 6.74. The van der Waals surface area contributed by atoms with Crippen molar-refractivity contribution < 1.29 is 14.3 Å². The molecule has 0 aliphatic heterocycles. The Morgan fingerprint density at radius 2 is 2.14 bits per heavy atom. The molecule has 0 radical (unpaired) electrons. The quantitative estimate of drug-likeness (QED) is 0.676. The van der Waals surface area contributed by atoms with Crippen molar-refractivity contribution in [3.8, 4) is 11.5 Å². The van der Waals surface area contributed by atoms with E-state index in [0.717, 1.165) is 18.5 Å². The zero-order chi connectivity index (χ0) is 15.4. The van der Waals surface area contributed by atoms with Gasteiger partial charge >= 0.3 is 5.97 Å². The highest BCUT2D eigenvalue weighted by atomic mass is 16.5. The molecule has 2 aromatic rings. The van der Waals surface area contributed by atoms with Crippen LogP contribution in [0.5, 0.6) is 11.5 Å². The highest BCUT2D eigenvalue weighted by Gasteiger charge is 2.14. The van der Waals surface area contributed by atoms with E-state index in [1.54, 1.807) is 23.0 Å². The third kappa shape index (κ3) is 3.34. The fourth-order valence-corrected chi connectivity index (χ4v) is 1.99. The van der Waals surface area contributed by atoms with Gasteiger partial charge in [-0.1, -0.05) is 6.92 Å². The van der Waals surface area contributed by atoms with E-state index in [-0.39, 0.29) is 0 Å². The topological polar surface area (TPSA) is 79.4 Å². The molecular formula is C15H19N3O3. The molecule has 0 unspecified atom stereocenters. The van der Waals surface area contributed by atoms with Crippen molar-refractivity contribution in [2.45, 2.75) is 26.8 Å². The molecule has 0 saturated heterocycles. The summed E-state index contributed by atoms with van der Waals surface area (Å²) < 4.78 is 12.3. The zero-order valence-corrected chi connectivity index (χ0v) is 12.4. The maximum absolute atomic E-state index is 11.7. The van der Waals surface area contributed by atoms with Gasteiger partial charge in [0.15, 0.2) is 5.75 Å². The second-order valence-electron chi connectivity index (χ2n) is 4.73. The van der Waals surface area contributed by atoms with E-state index in [2.05, 4.69) is 12.0 Å². The maximum Gasteiger partial charge on any atom is 0.340 e. The summed E-state index contributed by atoms with van der Waals surface area (Å²) in [4.78, 5) is 11.7. The van der Waals surface area contributed by atoms with Crippen LogP contribution < -0.4 is 10.5 Å². The molecule has 0 spiro atoms. The Bertz CT molecular complexity index is 650. The van der Waals surface area contributed by atoms with Crippen LogP contribution in [0.25, 0.3) is 0 Å². The van der Waals surface area contributed by atoms with Crippen LogP contribution in [0.3, 0.4) is 0 Å². The number of hydrogen-bond acceptors (Lipinski definition) is 5. The molecule has 0 aliphatic carbocycles. The number of benzene rings is 1. The first kappa shape index (κ1) is 14.9. The van der Waals surface area contributed by atoms with Gasteiger partial charge in [-0.2, -0.15) is 5.10 Å². The number of rotatable bonds is 5. The number of hydrogen-bond donors (Lipinski definition) is 1. The highest BCUT2D eigenvalue weighted by molar-refractivity contribution is 5.96. The second-order valence-corrected chi connectivity index (χ2v) is 4.73. The molecule has 6 nitrogen and oxygen atoms in total. The summed E-state index contributed by atoms with van der Waals surface area (Å²) in [7, 11) is 1.32. The third-order valence-corrected chi connectivity index (χ3v) is 3.06. The number of methoxy groups -OCH3 is 1. The molecule has 0 bridgehead atoms. The number of carbonyl (C=O) groups is 1. The number of nitrogens with zero attached hydrogens (tertiary/aromatic N) is 2. The fourth-order valence-electron chi connectivity index (χ4n) is 1.99. The SMILES string of the molecule is CCCn1cc(Oc2cc(C)c(N)c(C(=O)OC)c2)cn1. The summed E-state index contributed by atoms with van der Waals surface area (Å²) in [6, 6.07) is 3.35. The van der Waals surface area contributed by atoms with Gasteiger partial charge in [-0.05, 0) is 31.0 Å². The Morgan fingerprint density at radius 1 is 1.38 bits per heavy atom. The lowest BCUT2D eigenvalue weighted by molar-refractivity contribution is 0.0601. The van der Waals surface area contributed by atoms with Gasteiger partial charge in [0.25, 0.3) is 0 Å². The summed E-state index contributed by atoms with van der Waals surface area (Å²) in [5.74, 6) is 0.657. The smallest absolute Gasteiger partial charge is 0.340 e. The average molecular weight is 289 g/mol. The van der Waals surface area contributed by atoms with Crippen molar-refractivity contribution in [2.24, 2.45) is 0 Å². The number of anilines is 1. The van der Waals surface area contributed by atoms with Crippen molar-refractivity contribution in [3.63, 3.8) is 0 Å². The first-order chi connectivity index (χ1) is 10.0. The Morgan fingerprint density at radius 3 is 2.81 bits per heavy atom. The standard InChI is InChI=1S/C15H19N3O3/c1-4-5-18-9-12(8-17-18)21-11-6-10(2)14(16)13(7-11)15(19)20-3/h6-9H,4-5,16H2,1-3H3. The minimum Gasteiger partial charge on any atom is -0.465 e. The molecule has 0 saturated carbocycles. The number of nitrogen functional groups attached to an aromatic ring is 1. The highest BCUT2D eigenvalue weighted by Crippen LogP contribution is 2.28. The summed E-state index contributed by atoms with van der Waals surface area (Å²) in [5.41, 5.74) is 7.35. The molecule has 1 aromatic heterocycles. The molecule has 2 rings (SSSR count). The van der Waals surface area contributed by atoms with Crippen molar-refractivity contribution in [3.05, 3.63) is 35.7 Å². The lowest BCUT2D eigenvalue weighted by Gasteiger charge is -2.10. The van der Waals surface area contributed by atoms with Gasteiger partial charge in [-0.15, -0.1) is 0 Å². The van der Waals surface area contributed by atoms with E-state index >= 15 is 0 Å². The van der Waals surface area contributed by atoms with Crippen LogP contribution in [0, 0.1) is 6.92 Å². The summed E-state index contributed by atoms with van der Waals surface area (Å²) in [6.07, 6.45) is 4.45. The predicted octanol–water partition coefficient (Wildman–Crippen LogP) is 2.76. The molecule has 21 heavy (non-hydrogen) atoms. The molecule has 2 N–H and O–H groups in total. The Kier molecular flexibility index (Phi) is 4.47. The van der Waals surface area contributed by atoms with Crippen molar-refractivity contribution in [1.82, 2.24) is 9.78 Å². The normalized spacial score (nSPS) is 10.4. The average Bonchev–Trinajstić information content (AvgIpc) is 2.89. The number of aromatic nitrogens is 2. The van der Waals surface area contributed by atoms with E-state index in [0.29, 0.717) is 22.7 Å². The predicted molar refractivity (Wildman–Crippen MR) is 79.5 cm³/mol. The van der Waals surface area contributed by atoms with Gasteiger partial charge in [-0.25, -0.2) is 4.79 Å². The molecule has 6 heteroatoms. The zero-order valence-electron chi connectivity index (χ0n) is 12.4. The summed E-state index contributed by atoms with van der Waals surface area (Å²) >= 11 is 0. The van der Waals surface area contributed by atoms with E-state index in [4.69, 9.17) is 15.2 Å². The van der Waals surface area contributed by atoms with Crippen LogP contribution in [-0.2, 0) is 11.3 Å². The number of ether oxygens (including phenoxy) is 2. The Labute approximate surface area is 123 Å². The van der Waals surface area contributed by atoms with Crippen LogP contribution in [-0.4, -0.2) is 22.9 Å². The molecule has 0 amide bonds. The van der Waals surface area contributed by atoms with Crippen LogP contribution in [0.2, 0.25) is 0 Å². The molecule has 1 heterocycles. The molecule has 0 aliphatic rings. The van der Waals surface area contributed by atoms with Gasteiger partial charge in [-0.3, -0.25) is 4.68 Å². The number of esters is 1. The van der Waals surface area contributed by atoms with Crippen molar-refractivity contribution in [2.75, 3.05) is 12.8 Å². The van der Waals surface area contributed by atoms with Crippen LogP contribution in [0.15, 0.2) is 24.5 Å².